The Morgan fingerprint density at radius 3 is 1.81 bits per heavy atom. The molecular weight excluding hydrogens is 1310 g/mol. The molecule has 0 bridgehead atoms. The first-order valence-corrected chi connectivity index (χ1v) is 35.4. The van der Waals surface area contributed by atoms with Crippen LogP contribution in [0.5, 0.6) is 0 Å². The average Bonchev–Trinajstić information content (AvgIpc) is 1.76. The minimum atomic E-state index is 0.507. The number of morpholine rings is 1. The second-order valence-corrected chi connectivity index (χ2v) is 28.3. The van der Waals surface area contributed by atoms with Gasteiger partial charge in [0.25, 0.3) is 0 Å². The van der Waals surface area contributed by atoms with E-state index in [1.807, 2.05) is 68.2 Å². The average molecular weight is 1400 g/mol. The van der Waals surface area contributed by atoms with Crippen LogP contribution in [0.25, 0.3) is 38.6 Å². The maximum Gasteiger partial charge on any atom is 0.227 e. The largest absolute Gasteiger partial charge is 0.379 e. The summed E-state index contributed by atoms with van der Waals surface area (Å²) in [6.07, 6.45) is 22.0. The summed E-state index contributed by atoms with van der Waals surface area (Å²) in [4.78, 5) is 54.8. The van der Waals surface area contributed by atoms with Gasteiger partial charge in [-0.1, -0.05) is 72.5 Å². The molecule has 1 aliphatic carbocycles. The summed E-state index contributed by atoms with van der Waals surface area (Å²) in [5.41, 5.74) is 21.3. The van der Waals surface area contributed by atoms with Gasteiger partial charge in [-0.2, -0.15) is 0 Å². The van der Waals surface area contributed by atoms with Gasteiger partial charge in [0, 0.05) is 131 Å². The van der Waals surface area contributed by atoms with Crippen LogP contribution in [0.4, 0.5) is 57.7 Å². The van der Waals surface area contributed by atoms with Crippen molar-refractivity contribution in [2.45, 2.75) is 90.4 Å². The third-order valence-corrected chi connectivity index (χ3v) is 19.5. The first-order chi connectivity index (χ1) is 48.1. The lowest BCUT2D eigenvalue weighted by Crippen LogP contribution is -2.37. The monoisotopic (exact) mass is 1390 g/mol. The number of anilines is 9. The zero-order valence-electron chi connectivity index (χ0n) is 56.4. The zero-order valence-corrected chi connectivity index (χ0v) is 59.6. The Bertz CT molecular complexity index is 4550. The Morgan fingerprint density at radius 1 is 0.606 bits per heavy atom. The van der Waals surface area contributed by atoms with E-state index in [0.29, 0.717) is 63.7 Å². The van der Waals surface area contributed by atoms with Crippen LogP contribution in [-0.4, -0.2) is 148 Å². The van der Waals surface area contributed by atoms with Crippen molar-refractivity contribution in [3.05, 3.63) is 183 Å². The highest BCUT2D eigenvalue weighted by Gasteiger charge is 2.28. The molecule has 506 valence electrons. The molecule has 0 amide bonds. The molecule has 3 aromatic carbocycles. The number of aryl methyl sites for hydroxylation is 3. The predicted molar refractivity (Wildman–Crippen MR) is 409 cm³/mol. The van der Waals surface area contributed by atoms with E-state index >= 15 is 0 Å². The number of rotatable bonds is 16. The minimum Gasteiger partial charge on any atom is -0.379 e. The highest BCUT2D eigenvalue weighted by molar-refractivity contribution is 7.81. The number of aromatic nitrogens is 9. The Kier molecular flexibility index (Phi) is 21.8. The Labute approximate surface area is 599 Å². The maximum absolute atomic E-state index is 7.29. The predicted octanol–water partition coefficient (Wildman–Crippen LogP) is 14.7. The molecule has 0 atom stereocenters. The molecule has 3 fully saturated rings. The van der Waals surface area contributed by atoms with E-state index in [4.69, 9.17) is 79.5 Å². The fourth-order valence-electron chi connectivity index (χ4n) is 12.9. The highest BCUT2D eigenvalue weighted by Crippen LogP contribution is 2.44. The molecule has 5 aliphatic heterocycles. The molecule has 15 rings (SSSR count). The summed E-state index contributed by atoms with van der Waals surface area (Å²) in [5, 5.41) is 20.7. The molecular formula is C75H80ClN19OS3. The van der Waals surface area contributed by atoms with Crippen molar-refractivity contribution in [2.24, 2.45) is 5.92 Å². The van der Waals surface area contributed by atoms with Gasteiger partial charge in [-0.15, -0.1) is 0 Å². The molecule has 20 nitrogen and oxygen atoms in total. The molecule has 1 saturated carbocycles. The second-order valence-electron chi connectivity index (χ2n) is 26.4. The lowest BCUT2D eigenvalue weighted by atomic mass is 9.92. The van der Waals surface area contributed by atoms with Gasteiger partial charge in [0.05, 0.1) is 86.5 Å². The SMILES string of the molecule is Cc1nc(CC2CCN(C)CC2)ccc1Nc1ncc2c(n1)-c1ccc(C3CC3)cc1NC(=S)C2.S=C1Cc2cnc(Nc3cncc(CCN4CCOCC4)c3)nc2-c2ccc(Cl)cc2N1.[C-]#[N+]c1ccc2c(c1)NC(=S)Cc1cnc(Nc3cc(CCCN(C)C)cnc3C)nc1-2. The number of hydrogen-bond acceptors (Lipinski definition) is 19. The number of benzene rings is 3. The van der Waals surface area contributed by atoms with Crippen LogP contribution in [0.3, 0.4) is 0 Å². The van der Waals surface area contributed by atoms with Gasteiger partial charge in [-0.05, 0) is 189 Å². The third-order valence-electron chi connectivity index (χ3n) is 18.5. The van der Waals surface area contributed by atoms with Crippen molar-refractivity contribution in [3.63, 3.8) is 0 Å². The van der Waals surface area contributed by atoms with Gasteiger partial charge in [-0.3, -0.25) is 19.9 Å². The number of ether oxygens (including phenoxy) is 1. The molecule has 6 N–H and O–H groups in total. The molecule has 0 spiro atoms. The topological polar surface area (TPSA) is 212 Å². The van der Waals surface area contributed by atoms with E-state index in [1.54, 1.807) is 12.3 Å². The zero-order chi connectivity index (χ0) is 68.5. The molecule has 0 unspecified atom stereocenters. The van der Waals surface area contributed by atoms with E-state index in [9.17, 15) is 0 Å². The first kappa shape index (κ1) is 68.6. The van der Waals surface area contributed by atoms with Crippen molar-refractivity contribution in [3.8, 4) is 33.8 Å². The van der Waals surface area contributed by atoms with Crippen molar-refractivity contribution < 1.29 is 4.74 Å². The second kappa shape index (κ2) is 31.5. The quantitative estimate of drug-likeness (QED) is 0.0392. The fourth-order valence-corrected chi connectivity index (χ4v) is 13.9. The van der Waals surface area contributed by atoms with Gasteiger partial charge >= 0.3 is 0 Å². The summed E-state index contributed by atoms with van der Waals surface area (Å²) in [5.74, 6) is 3.03. The number of thiocarbonyl (C=S) groups is 3. The number of halogens is 1. The maximum atomic E-state index is 7.29. The van der Waals surface area contributed by atoms with Gasteiger partial charge in [0.2, 0.25) is 17.8 Å². The number of fused-ring (bicyclic) bond motifs is 9. The summed E-state index contributed by atoms with van der Waals surface area (Å²) >= 11 is 22.7. The van der Waals surface area contributed by atoms with Crippen molar-refractivity contribution in [1.29, 1.82) is 0 Å². The summed E-state index contributed by atoms with van der Waals surface area (Å²) in [6.45, 7) is 19.3. The van der Waals surface area contributed by atoms with E-state index in [-0.39, 0.29) is 0 Å². The number of likely N-dealkylation sites (tertiary alicyclic amines) is 1. The van der Waals surface area contributed by atoms with Crippen LogP contribution in [-0.2, 0) is 43.3 Å². The van der Waals surface area contributed by atoms with E-state index in [0.717, 1.165) is 172 Å². The molecule has 0 radical (unpaired) electrons. The van der Waals surface area contributed by atoms with Crippen LogP contribution in [0.15, 0.2) is 116 Å². The third kappa shape index (κ3) is 17.7. The number of pyridine rings is 3. The molecule has 99 heavy (non-hydrogen) atoms. The first-order valence-electron chi connectivity index (χ1n) is 33.8. The normalized spacial score (nSPS) is 15.7. The van der Waals surface area contributed by atoms with Crippen molar-refractivity contribution >= 4 is 121 Å². The summed E-state index contributed by atoms with van der Waals surface area (Å²) in [6, 6.07) is 26.4. The van der Waals surface area contributed by atoms with Crippen LogP contribution >= 0.6 is 48.3 Å². The molecule has 11 heterocycles. The highest BCUT2D eigenvalue weighted by atomic mass is 35.5. The lowest BCUT2D eigenvalue weighted by molar-refractivity contribution is 0.0384. The van der Waals surface area contributed by atoms with Gasteiger partial charge in [0.15, 0.2) is 5.69 Å². The number of nitrogens with one attached hydrogen (secondary N) is 6. The Morgan fingerprint density at radius 2 is 1.19 bits per heavy atom. The van der Waals surface area contributed by atoms with E-state index < -0.39 is 0 Å². The molecule has 2 saturated heterocycles. The summed E-state index contributed by atoms with van der Waals surface area (Å²) in [7, 11) is 6.37. The van der Waals surface area contributed by atoms with Crippen molar-refractivity contribution in [2.75, 3.05) is 106 Å². The van der Waals surface area contributed by atoms with E-state index in [1.165, 1.54) is 61.2 Å². The van der Waals surface area contributed by atoms with Gasteiger partial charge in [-0.25, -0.2) is 34.7 Å². The Balaban J connectivity index is 0.000000134. The molecule has 24 heteroatoms. The molecule has 9 aromatic rings. The fraction of sp³-hybridized carbons (Fsp3) is 0.347. The van der Waals surface area contributed by atoms with Gasteiger partial charge < -0.3 is 46.4 Å². The number of nitrogens with zero attached hydrogens (tertiary/aromatic N) is 13. The molecule has 6 aliphatic rings. The van der Waals surface area contributed by atoms with Crippen LogP contribution < -0.4 is 31.9 Å². The number of hydrogen-bond donors (Lipinski definition) is 6. The number of piperidine rings is 1. The Hall–Kier alpha value is -8.96. The standard InChI is InChI=1S/C28H32N6S.C24H25N7S.C23H23ClN6OS/c1-17-24(8-6-22(30-17)13-18-9-11-34(2)12-10-18)32-28-29-16-21-15-26(35)31-25-14-20(19-3-4-19)5-7-23(25)27(21)33-28;1-15-20(10-16(13-26-15)6-5-9-31(3)4)29-24-27-14-17-11-22(32)28-21-12-18(25-2)7-8-19(21)23(17)30-24;24-17-1-2-19-20(11-17)28-21(32)10-16-13-26-23(29-22(16)19)27-18-9-15(12-25-14-18)3-4-30-5-7-31-8-6-30/h5-8,14,16,18-19H,3-4,9-13,15H2,1-2H3,(H,31,35)(H,29,32,33);7-8,10,12-14H,5-6,9,11H2,1,3-4H3,(H,28,32)(H,27,29,30);1-2,9,11-14H,3-8,10H2,(H,28,32)(H,26,27,29). The van der Waals surface area contributed by atoms with Crippen LogP contribution in [0.1, 0.15) is 88.5 Å². The van der Waals surface area contributed by atoms with E-state index in [2.05, 4.69) is 147 Å². The van der Waals surface area contributed by atoms with Gasteiger partial charge in [0.1, 0.15) is 0 Å². The smallest absolute Gasteiger partial charge is 0.227 e. The molecule has 6 aromatic heterocycles. The van der Waals surface area contributed by atoms with Crippen LogP contribution in [0, 0.1) is 26.3 Å². The van der Waals surface area contributed by atoms with Crippen LogP contribution in [0.2, 0.25) is 5.02 Å². The lowest BCUT2D eigenvalue weighted by Gasteiger charge is -2.28. The minimum absolute atomic E-state index is 0.507. The summed E-state index contributed by atoms with van der Waals surface area (Å²) < 4.78 is 5.42. The van der Waals surface area contributed by atoms with Crippen molar-refractivity contribution in [1.82, 2.24) is 59.6 Å².